The fourth-order valence-corrected chi connectivity index (χ4v) is 3.58. The van der Waals surface area contributed by atoms with Crippen LogP contribution in [0.25, 0.3) is 0 Å². The molecule has 1 fully saturated rings. The highest BCUT2D eigenvalue weighted by Crippen LogP contribution is 2.49. The van der Waals surface area contributed by atoms with E-state index in [0.29, 0.717) is 13.2 Å². The summed E-state index contributed by atoms with van der Waals surface area (Å²) in [6, 6.07) is 5.96. The number of carbonyl (C=O) groups is 1. The van der Waals surface area contributed by atoms with E-state index in [2.05, 4.69) is 10.4 Å². The van der Waals surface area contributed by atoms with Crippen LogP contribution in [0, 0.1) is 12.8 Å². The lowest BCUT2D eigenvalue weighted by atomic mass is 10.1. The molecule has 1 amide bonds. The maximum Gasteiger partial charge on any atom is 0.224 e. The Balaban J connectivity index is 1.41. The first kappa shape index (κ1) is 16.0. The smallest absolute Gasteiger partial charge is 0.224 e. The Labute approximate surface area is 147 Å². The van der Waals surface area contributed by atoms with Crippen molar-refractivity contribution >= 4 is 5.91 Å². The Morgan fingerprint density at radius 2 is 2.08 bits per heavy atom. The third-order valence-electron chi connectivity index (χ3n) is 5.00. The summed E-state index contributed by atoms with van der Waals surface area (Å²) in [7, 11) is 1.89. The number of aryl methyl sites for hydroxylation is 2. The zero-order valence-corrected chi connectivity index (χ0v) is 14.8. The Kier molecular flexibility index (Phi) is 3.90. The molecule has 0 bridgehead atoms. The normalized spacial score (nSPS) is 22.4. The lowest BCUT2D eigenvalue weighted by Gasteiger charge is -2.19. The molecular weight excluding hydrogens is 318 g/mol. The van der Waals surface area contributed by atoms with E-state index in [1.807, 2.05) is 45.3 Å². The van der Waals surface area contributed by atoms with Gasteiger partial charge in [-0.3, -0.25) is 9.48 Å². The Morgan fingerprint density at radius 3 is 2.80 bits per heavy atom. The number of aromatic nitrogens is 2. The van der Waals surface area contributed by atoms with Crippen LogP contribution < -0.4 is 14.8 Å². The van der Waals surface area contributed by atoms with Gasteiger partial charge >= 0.3 is 0 Å². The SMILES string of the molecule is Cc1nn(C)cc1[C@H](C)NC(=O)[C@@H]1C[C@H]1c1ccc2c(c1)OCCO2. The van der Waals surface area contributed by atoms with Crippen molar-refractivity contribution in [3.63, 3.8) is 0 Å². The van der Waals surface area contributed by atoms with E-state index in [1.165, 1.54) is 0 Å². The summed E-state index contributed by atoms with van der Waals surface area (Å²) in [4.78, 5) is 12.6. The van der Waals surface area contributed by atoms with Gasteiger partial charge in [0.25, 0.3) is 0 Å². The molecular formula is C19H23N3O3. The number of hydrogen-bond donors (Lipinski definition) is 1. The first-order valence-electron chi connectivity index (χ1n) is 8.73. The Bertz CT molecular complexity index is 814. The van der Waals surface area contributed by atoms with Gasteiger partial charge in [-0.2, -0.15) is 5.10 Å². The predicted octanol–water partition coefficient (Wildman–Crippen LogP) is 2.48. The fourth-order valence-electron chi connectivity index (χ4n) is 3.58. The minimum atomic E-state index is -0.0392. The van der Waals surface area contributed by atoms with E-state index < -0.39 is 0 Å². The number of nitrogens with zero attached hydrogens (tertiary/aromatic N) is 2. The van der Waals surface area contributed by atoms with Gasteiger partial charge in [0.05, 0.1) is 11.7 Å². The molecule has 0 saturated heterocycles. The highest BCUT2D eigenvalue weighted by Gasteiger charge is 2.44. The van der Waals surface area contributed by atoms with Gasteiger partial charge in [-0.1, -0.05) is 6.07 Å². The number of amides is 1. The monoisotopic (exact) mass is 341 g/mol. The number of benzene rings is 1. The van der Waals surface area contributed by atoms with Gasteiger partial charge < -0.3 is 14.8 Å². The van der Waals surface area contributed by atoms with E-state index in [-0.39, 0.29) is 23.8 Å². The predicted molar refractivity (Wildman–Crippen MR) is 92.8 cm³/mol. The number of ether oxygens (including phenoxy) is 2. The van der Waals surface area contributed by atoms with Crippen LogP contribution in [0.2, 0.25) is 0 Å². The first-order chi connectivity index (χ1) is 12.0. The highest BCUT2D eigenvalue weighted by molar-refractivity contribution is 5.83. The van der Waals surface area contributed by atoms with Crippen LogP contribution >= 0.6 is 0 Å². The molecule has 2 aliphatic rings. The van der Waals surface area contributed by atoms with Crippen LogP contribution in [-0.4, -0.2) is 28.9 Å². The molecule has 6 nitrogen and oxygen atoms in total. The van der Waals surface area contributed by atoms with E-state index in [4.69, 9.17) is 9.47 Å². The van der Waals surface area contributed by atoms with Crippen LogP contribution in [0.5, 0.6) is 11.5 Å². The molecule has 3 atom stereocenters. The minimum absolute atomic E-state index is 0.0296. The molecule has 1 aliphatic heterocycles. The second-order valence-electron chi connectivity index (χ2n) is 6.93. The van der Waals surface area contributed by atoms with Crippen LogP contribution in [0.1, 0.15) is 42.1 Å². The van der Waals surface area contributed by atoms with Crippen molar-refractivity contribution in [2.24, 2.45) is 13.0 Å². The van der Waals surface area contributed by atoms with Crippen molar-refractivity contribution in [2.45, 2.75) is 32.2 Å². The van der Waals surface area contributed by atoms with Crippen LogP contribution in [0.4, 0.5) is 0 Å². The van der Waals surface area contributed by atoms with Gasteiger partial charge in [0.15, 0.2) is 11.5 Å². The molecule has 2 heterocycles. The summed E-state index contributed by atoms with van der Waals surface area (Å²) in [5.74, 6) is 1.97. The Hall–Kier alpha value is -2.50. The van der Waals surface area contributed by atoms with E-state index >= 15 is 0 Å². The molecule has 1 aromatic carbocycles. The molecule has 6 heteroatoms. The third kappa shape index (κ3) is 3.08. The number of carbonyl (C=O) groups excluding carboxylic acids is 1. The molecule has 0 spiro atoms. The lowest BCUT2D eigenvalue weighted by Crippen LogP contribution is -2.28. The molecule has 1 aromatic heterocycles. The fraction of sp³-hybridized carbons (Fsp3) is 0.474. The van der Waals surface area contributed by atoms with Gasteiger partial charge in [-0.05, 0) is 43.9 Å². The summed E-state index contributed by atoms with van der Waals surface area (Å²) >= 11 is 0. The summed E-state index contributed by atoms with van der Waals surface area (Å²) in [5.41, 5.74) is 3.16. The molecule has 132 valence electrons. The molecule has 1 saturated carbocycles. The van der Waals surface area contributed by atoms with E-state index in [9.17, 15) is 4.79 Å². The van der Waals surface area contributed by atoms with Crippen molar-refractivity contribution in [1.82, 2.24) is 15.1 Å². The highest BCUT2D eigenvalue weighted by atomic mass is 16.6. The number of nitrogens with one attached hydrogen (secondary N) is 1. The maximum atomic E-state index is 12.6. The van der Waals surface area contributed by atoms with Crippen molar-refractivity contribution in [3.8, 4) is 11.5 Å². The summed E-state index contributed by atoms with van der Waals surface area (Å²) in [5, 5.41) is 7.47. The molecule has 0 unspecified atom stereocenters. The van der Waals surface area contributed by atoms with Crippen LogP contribution in [-0.2, 0) is 11.8 Å². The topological polar surface area (TPSA) is 65.4 Å². The molecule has 0 radical (unpaired) electrons. The zero-order chi connectivity index (χ0) is 17.6. The van der Waals surface area contributed by atoms with E-state index in [1.54, 1.807) is 4.68 Å². The van der Waals surface area contributed by atoms with Gasteiger partial charge in [-0.25, -0.2) is 0 Å². The van der Waals surface area contributed by atoms with Crippen molar-refractivity contribution in [3.05, 3.63) is 41.2 Å². The number of rotatable bonds is 4. The van der Waals surface area contributed by atoms with Gasteiger partial charge in [0, 0.05) is 24.7 Å². The third-order valence-corrected chi connectivity index (χ3v) is 5.00. The van der Waals surface area contributed by atoms with Gasteiger partial charge in [0.2, 0.25) is 5.91 Å². The van der Waals surface area contributed by atoms with Crippen LogP contribution in [0.3, 0.4) is 0 Å². The second kappa shape index (κ2) is 6.10. The average molecular weight is 341 g/mol. The zero-order valence-electron chi connectivity index (χ0n) is 14.8. The van der Waals surface area contributed by atoms with Crippen molar-refractivity contribution < 1.29 is 14.3 Å². The second-order valence-corrected chi connectivity index (χ2v) is 6.93. The minimum Gasteiger partial charge on any atom is -0.486 e. The quantitative estimate of drug-likeness (QED) is 0.928. The number of fused-ring (bicyclic) bond motifs is 1. The molecule has 25 heavy (non-hydrogen) atoms. The molecule has 4 rings (SSSR count). The molecule has 2 aromatic rings. The average Bonchev–Trinajstić information content (AvgIpc) is 3.33. The van der Waals surface area contributed by atoms with Crippen LogP contribution in [0.15, 0.2) is 24.4 Å². The van der Waals surface area contributed by atoms with Gasteiger partial charge in [-0.15, -0.1) is 0 Å². The maximum absolute atomic E-state index is 12.6. The van der Waals surface area contributed by atoms with Gasteiger partial charge in [0.1, 0.15) is 13.2 Å². The van der Waals surface area contributed by atoms with Crippen molar-refractivity contribution in [1.29, 1.82) is 0 Å². The summed E-state index contributed by atoms with van der Waals surface area (Å²) < 4.78 is 13.0. The largest absolute Gasteiger partial charge is 0.486 e. The summed E-state index contributed by atoms with van der Waals surface area (Å²) in [6.45, 7) is 5.13. The standard InChI is InChI=1S/C19H23N3O3/c1-11(16-10-22(3)21-12(16)2)20-19(23)15-9-14(15)13-4-5-17-18(8-13)25-7-6-24-17/h4-5,8,10-11,14-15H,6-7,9H2,1-3H3,(H,20,23)/t11-,14-,15+/m0/s1. The summed E-state index contributed by atoms with van der Waals surface area (Å²) in [6.07, 6.45) is 2.84. The first-order valence-corrected chi connectivity index (χ1v) is 8.73. The van der Waals surface area contributed by atoms with Crippen molar-refractivity contribution in [2.75, 3.05) is 13.2 Å². The number of hydrogen-bond acceptors (Lipinski definition) is 4. The van der Waals surface area contributed by atoms with E-state index in [0.717, 1.165) is 34.7 Å². The lowest BCUT2D eigenvalue weighted by molar-refractivity contribution is -0.123. The Morgan fingerprint density at radius 1 is 1.32 bits per heavy atom. The molecule has 1 N–H and O–H groups in total. The molecule has 1 aliphatic carbocycles.